The first-order valence-corrected chi connectivity index (χ1v) is 15.4. The molecule has 0 aromatic heterocycles. The summed E-state index contributed by atoms with van der Waals surface area (Å²) in [5.41, 5.74) is 1.31. The second-order valence-electron chi connectivity index (χ2n) is 10.5. The minimum atomic E-state index is -3.30. The number of carbonyl (C=O) groups excluding carboxylic acids is 3. The number of amides is 3. The summed E-state index contributed by atoms with van der Waals surface area (Å²) < 4.78 is 22.2. The van der Waals surface area contributed by atoms with Crippen LogP contribution >= 0.6 is 0 Å². The number of aliphatic hydroxyl groups excluding tert-OH is 1. The van der Waals surface area contributed by atoms with Gasteiger partial charge in [-0.2, -0.15) is 0 Å². The van der Waals surface area contributed by atoms with Crippen molar-refractivity contribution in [3.8, 4) is 0 Å². The highest BCUT2D eigenvalue weighted by Gasteiger charge is 2.66. The van der Waals surface area contributed by atoms with Gasteiger partial charge in [0.05, 0.1) is 18.3 Å². The monoisotopic (exact) mass is 527 g/mol. The third-order valence-electron chi connectivity index (χ3n) is 7.31. The lowest BCUT2D eigenvalue weighted by Gasteiger charge is -2.31. The van der Waals surface area contributed by atoms with E-state index in [0.717, 1.165) is 5.56 Å². The molecule has 0 unspecified atom stereocenters. The Kier molecular flexibility index (Phi) is 7.29. The number of anilines is 3. The van der Waals surface area contributed by atoms with Crippen molar-refractivity contribution in [3.63, 3.8) is 0 Å². The summed E-state index contributed by atoms with van der Waals surface area (Å²) in [4.78, 5) is 39.0. The molecule has 37 heavy (non-hydrogen) atoms. The fraction of sp³-hybridized carbons (Fsp3) is 0.444. The van der Waals surface area contributed by atoms with Crippen molar-refractivity contribution in [2.45, 2.75) is 64.1 Å². The number of rotatable bonds is 7. The molecule has 1 fully saturated rings. The minimum absolute atomic E-state index is 0.174. The van der Waals surface area contributed by atoms with Crippen LogP contribution in [-0.4, -0.2) is 43.9 Å². The molecule has 3 N–H and O–H groups in total. The van der Waals surface area contributed by atoms with E-state index >= 15 is 4.11 Å². The average Bonchev–Trinajstić information content (AvgIpc) is 3.21. The molecule has 4 rings (SSSR count). The van der Waals surface area contributed by atoms with E-state index in [0.29, 0.717) is 22.6 Å². The van der Waals surface area contributed by atoms with E-state index in [4.69, 9.17) is 4.74 Å². The second kappa shape index (κ2) is 10.00. The lowest BCUT2D eigenvalue weighted by Crippen LogP contribution is -2.45. The van der Waals surface area contributed by atoms with Crippen LogP contribution in [0.25, 0.3) is 0 Å². The van der Waals surface area contributed by atoms with Gasteiger partial charge in [0.1, 0.15) is 0 Å². The normalized spacial score (nSPS) is 24.9. The van der Waals surface area contributed by atoms with Gasteiger partial charge in [-0.05, 0) is 55.4 Å². The van der Waals surface area contributed by atoms with Crippen molar-refractivity contribution in [3.05, 3.63) is 53.6 Å². The topological polar surface area (TPSA) is 108 Å². The summed E-state index contributed by atoms with van der Waals surface area (Å²) in [6.45, 7) is 8.00. The van der Waals surface area contributed by atoms with Gasteiger partial charge in [0, 0.05) is 48.9 Å². The van der Waals surface area contributed by atoms with Gasteiger partial charge >= 0.3 is 0 Å². The van der Waals surface area contributed by atoms with Crippen LogP contribution in [-0.2, 0) is 31.3 Å². The SMILES string of the molecule is CC(=O)Nc1ccc(CN2C(=O)[C@]3(O[C@H](CCO)[C@@H]([Si](C)(C)F)[C@@H]3C)c3cc(NC(C)=O)ccc32)cc1. The number of nitrogens with one attached hydrogen (secondary N) is 2. The Morgan fingerprint density at radius 1 is 1.08 bits per heavy atom. The summed E-state index contributed by atoms with van der Waals surface area (Å²) in [7, 11) is -3.30. The zero-order valence-electron chi connectivity index (χ0n) is 21.8. The molecule has 0 saturated carbocycles. The predicted octanol–water partition coefficient (Wildman–Crippen LogP) is 4.31. The van der Waals surface area contributed by atoms with E-state index in [2.05, 4.69) is 10.6 Å². The zero-order chi connectivity index (χ0) is 27.1. The first-order chi connectivity index (χ1) is 17.4. The Balaban J connectivity index is 1.79. The molecule has 10 heteroatoms. The molecule has 1 saturated heterocycles. The summed E-state index contributed by atoms with van der Waals surface area (Å²) in [5, 5.41) is 15.2. The van der Waals surface area contributed by atoms with E-state index < -0.39 is 31.6 Å². The van der Waals surface area contributed by atoms with Crippen LogP contribution in [0, 0.1) is 5.92 Å². The first kappa shape index (κ1) is 27.0. The van der Waals surface area contributed by atoms with E-state index in [1.165, 1.54) is 13.8 Å². The van der Waals surface area contributed by atoms with Gasteiger partial charge in [0.2, 0.25) is 20.2 Å². The molecule has 2 heterocycles. The molecule has 2 aromatic carbocycles. The van der Waals surface area contributed by atoms with Gasteiger partial charge in [-0.15, -0.1) is 0 Å². The van der Waals surface area contributed by atoms with Gasteiger partial charge in [0.25, 0.3) is 5.91 Å². The van der Waals surface area contributed by atoms with Crippen LogP contribution in [0.3, 0.4) is 0 Å². The van der Waals surface area contributed by atoms with Crippen LogP contribution in [0.1, 0.15) is 38.3 Å². The number of hydrogen-bond acceptors (Lipinski definition) is 5. The summed E-state index contributed by atoms with van der Waals surface area (Å²) >= 11 is 0. The number of benzene rings is 2. The smallest absolute Gasteiger partial charge is 0.264 e. The number of halogens is 1. The van der Waals surface area contributed by atoms with E-state index in [1.54, 1.807) is 48.3 Å². The van der Waals surface area contributed by atoms with Gasteiger partial charge in [0.15, 0.2) is 5.60 Å². The molecular formula is C27H34FN3O5Si. The van der Waals surface area contributed by atoms with Crippen LogP contribution in [0.2, 0.25) is 18.6 Å². The molecule has 8 nitrogen and oxygen atoms in total. The zero-order valence-corrected chi connectivity index (χ0v) is 22.8. The Labute approximate surface area is 217 Å². The predicted molar refractivity (Wildman–Crippen MR) is 142 cm³/mol. The lowest BCUT2D eigenvalue weighted by atomic mass is 9.82. The first-order valence-electron chi connectivity index (χ1n) is 12.5. The summed E-state index contributed by atoms with van der Waals surface area (Å²) in [6, 6.07) is 12.5. The van der Waals surface area contributed by atoms with Gasteiger partial charge in [-0.25, -0.2) is 0 Å². The van der Waals surface area contributed by atoms with Crippen molar-refractivity contribution >= 4 is 43.2 Å². The molecule has 3 amide bonds. The Morgan fingerprint density at radius 3 is 2.24 bits per heavy atom. The third-order valence-corrected chi connectivity index (χ3v) is 9.77. The molecule has 1 spiro atoms. The molecule has 198 valence electrons. The Morgan fingerprint density at radius 2 is 1.68 bits per heavy atom. The number of carbonyl (C=O) groups is 3. The standard InChI is InChI=1S/C27H34FN3O5Si/c1-16-25(37(4,5)28)24(12-13-32)36-27(16)22-14-21(30-18(3)34)10-11-23(22)31(26(27)35)15-19-6-8-20(9-7-19)29-17(2)33/h6-11,14,16,24-25,32H,12-13,15H2,1-5H3,(H,29,33)(H,30,34)/t16-,24+,25-,27+/m0/s1. The number of aliphatic hydroxyl groups is 1. The number of nitrogens with zero attached hydrogens (tertiary/aromatic N) is 1. The van der Waals surface area contributed by atoms with Gasteiger partial charge in [-0.3, -0.25) is 14.4 Å². The van der Waals surface area contributed by atoms with Crippen molar-refractivity contribution in [2.75, 3.05) is 22.1 Å². The van der Waals surface area contributed by atoms with E-state index in [1.807, 2.05) is 19.1 Å². The lowest BCUT2D eigenvalue weighted by molar-refractivity contribution is -0.146. The van der Waals surface area contributed by atoms with Crippen molar-refractivity contribution in [1.29, 1.82) is 0 Å². The molecular weight excluding hydrogens is 493 g/mol. The quantitative estimate of drug-likeness (QED) is 0.367. The molecule has 2 aromatic rings. The van der Waals surface area contributed by atoms with Gasteiger partial charge < -0.3 is 29.5 Å². The maximum absolute atomic E-state index is 15.6. The number of hydrogen-bond donors (Lipinski definition) is 3. The molecule has 0 bridgehead atoms. The van der Waals surface area contributed by atoms with Gasteiger partial charge in [-0.1, -0.05) is 19.1 Å². The summed E-state index contributed by atoms with van der Waals surface area (Å²) in [6.07, 6.45) is -0.375. The van der Waals surface area contributed by atoms with E-state index in [-0.39, 0.29) is 37.3 Å². The molecule has 4 atom stereocenters. The van der Waals surface area contributed by atoms with Crippen molar-refractivity contribution in [1.82, 2.24) is 0 Å². The molecule has 0 aliphatic carbocycles. The molecule has 2 aliphatic rings. The van der Waals surface area contributed by atoms with Crippen molar-refractivity contribution in [2.24, 2.45) is 5.92 Å². The largest absolute Gasteiger partial charge is 0.396 e. The number of ether oxygens (including phenoxy) is 1. The van der Waals surface area contributed by atoms with Crippen molar-refractivity contribution < 1.29 is 28.3 Å². The Bertz CT molecular complexity index is 1220. The van der Waals surface area contributed by atoms with Crippen LogP contribution < -0.4 is 15.5 Å². The molecule has 0 radical (unpaired) electrons. The second-order valence-corrected chi connectivity index (χ2v) is 14.3. The molecule has 2 aliphatic heterocycles. The number of fused-ring (bicyclic) bond motifs is 2. The Hall–Kier alpha value is -3.08. The highest BCUT2D eigenvalue weighted by molar-refractivity contribution is 6.72. The fourth-order valence-electron chi connectivity index (χ4n) is 5.96. The fourth-order valence-corrected chi connectivity index (χ4v) is 8.50. The highest BCUT2D eigenvalue weighted by atomic mass is 28.4. The van der Waals surface area contributed by atoms with Crippen LogP contribution in [0.4, 0.5) is 21.2 Å². The van der Waals surface area contributed by atoms with Crippen LogP contribution in [0.15, 0.2) is 42.5 Å². The highest BCUT2D eigenvalue weighted by Crippen LogP contribution is 2.60. The third kappa shape index (κ3) is 4.93. The van der Waals surface area contributed by atoms with E-state index in [9.17, 15) is 19.5 Å². The maximum atomic E-state index is 15.6. The van der Waals surface area contributed by atoms with Crippen LogP contribution in [0.5, 0.6) is 0 Å². The summed E-state index contributed by atoms with van der Waals surface area (Å²) in [5.74, 6) is -1.19. The minimum Gasteiger partial charge on any atom is -0.396 e. The maximum Gasteiger partial charge on any atom is 0.264 e. The average molecular weight is 528 g/mol.